The number of rotatable bonds is 11. The number of halogens is 4. The minimum atomic E-state index is -2.92. The summed E-state index contributed by atoms with van der Waals surface area (Å²) < 4.78 is 43.7. The first kappa shape index (κ1) is 31.4. The molecule has 3 N–H and O–H groups in total. The molecule has 0 spiro atoms. The summed E-state index contributed by atoms with van der Waals surface area (Å²) in [4.78, 5) is 33.0. The van der Waals surface area contributed by atoms with Crippen molar-refractivity contribution in [2.45, 2.75) is 88.6 Å². The molecular weight excluding hydrogens is 619 g/mol. The van der Waals surface area contributed by atoms with Crippen LogP contribution in [0.5, 0.6) is 0 Å². The highest BCUT2D eigenvalue weighted by Crippen LogP contribution is 2.43. The fourth-order valence-electron chi connectivity index (χ4n) is 6.42. The monoisotopic (exact) mass is 655 g/mol. The van der Waals surface area contributed by atoms with Crippen molar-refractivity contribution in [2.24, 2.45) is 5.92 Å². The van der Waals surface area contributed by atoms with E-state index in [9.17, 15) is 27.9 Å². The summed E-state index contributed by atoms with van der Waals surface area (Å²) in [6.45, 7) is 1.42. The lowest BCUT2D eigenvalue weighted by Gasteiger charge is -2.42. The molecule has 0 bridgehead atoms. The summed E-state index contributed by atoms with van der Waals surface area (Å²) in [7, 11) is 0. The van der Waals surface area contributed by atoms with E-state index < -0.39 is 37.0 Å². The number of aromatic nitrogens is 2. The number of nitrogens with one attached hydrogen (secondary N) is 2. The van der Waals surface area contributed by atoms with E-state index in [-0.39, 0.29) is 45.0 Å². The van der Waals surface area contributed by atoms with Crippen molar-refractivity contribution < 1.29 is 23.1 Å². The van der Waals surface area contributed by atoms with Gasteiger partial charge in [0.25, 0.3) is 17.4 Å². The van der Waals surface area contributed by atoms with Crippen LogP contribution in [0.4, 0.5) is 19.0 Å². The lowest BCUT2D eigenvalue weighted by atomic mass is 9.80. The Hall–Kier alpha value is -3.25. The van der Waals surface area contributed by atoms with Crippen molar-refractivity contribution in [2.75, 3.05) is 18.4 Å². The van der Waals surface area contributed by atoms with E-state index in [1.165, 1.54) is 30.2 Å². The molecule has 0 radical (unpaired) electrons. The van der Waals surface area contributed by atoms with Gasteiger partial charge in [0.15, 0.2) is 0 Å². The fourth-order valence-corrected chi connectivity index (χ4v) is 6.59. The second kappa shape index (κ2) is 12.1. The molecule has 1 saturated heterocycles. The molecule has 244 valence electrons. The molecule has 8 nitrogen and oxygen atoms in total. The van der Waals surface area contributed by atoms with Crippen molar-refractivity contribution in [3.05, 3.63) is 80.1 Å². The molecule has 1 aliphatic heterocycles. The van der Waals surface area contributed by atoms with E-state index in [2.05, 4.69) is 22.5 Å². The lowest BCUT2D eigenvalue weighted by Crippen LogP contribution is -2.57. The summed E-state index contributed by atoms with van der Waals surface area (Å²) in [5.41, 5.74) is 1.99. The smallest absolute Gasteiger partial charge is 0.273 e. The molecule has 3 heterocycles. The van der Waals surface area contributed by atoms with Crippen LogP contribution in [0.2, 0.25) is 5.02 Å². The molecule has 1 unspecified atom stereocenters. The number of hydrogen-bond donors (Lipinski definition) is 3. The summed E-state index contributed by atoms with van der Waals surface area (Å²) in [5, 5.41) is 17.1. The first-order valence-corrected chi connectivity index (χ1v) is 16.4. The van der Waals surface area contributed by atoms with Gasteiger partial charge in [-0.1, -0.05) is 18.0 Å². The van der Waals surface area contributed by atoms with Crippen molar-refractivity contribution in [3.8, 4) is 11.1 Å². The molecule has 7 rings (SSSR count). The molecule has 46 heavy (non-hydrogen) atoms. The third-order valence-corrected chi connectivity index (χ3v) is 10.0. The fraction of sp³-hybridized carbons (Fsp3) is 0.500. The summed E-state index contributed by atoms with van der Waals surface area (Å²) in [6, 6.07) is 7.74. The molecule has 12 heteroatoms. The molecule has 3 aromatic rings. The van der Waals surface area contributed by atoms with Crippen molar-refractivity contribution in [3.63, 3.8) is 0 Å². The highest BCUT2D eigenvalue weighted by molar-refractivity contribution is 6.30. The Balaban J connectivity index is 1.20. The van der Waals surface area contributed by atoms with E-state index in [1.807, 2.05) is 6.20 Å². The van der Waals surface area contributed by atoms with Gasteiger partial charge in [-0.05, 0) is 98.4 Å². The van der Waals surface area contributed by atoms with Crippen LogP contribution in [0.15, 0.2) is 41.3 Å². The number of likely N-dealkylation sites (tertiary alicyclic amines) is 1. The van der Waals surface area contributed by atoms with Gasteiger partial charge in [0.1, 0.15) is 23.4 Å². The number of nitrogens with zero attached hydrogens (tertiary/aromatic N) is 3. The number of anilines is 1. The summed E-state index contributed by atoms with van der Waals surface area (Å²) in [6.07, 6.45) is 7.58. The Morgan fingerprint density at radius 3 is 2.48 bits per heavy atom. The Morgan fingerprint density at radius 1 is 1.11 bits per heavy atom. The predicted octanol–water partition coefficient (Wildman–Crippen LogP) is 6.39. The van der Waals surface area contributed by atoms with E-state index in [0.29, 0.717) is 29.8 Å². The maximum atomic E-state index is 14.8. The maximum Gasteiger partial charge on any atom is 0.273 e. The van der Waals surface area contributed by atoms with Crippen LogP contribution in [0.25, 0.3) is 11.1 Å². The molecule has 4 aliphatic rings. The third-order valence-electron chi connectivity index (χ3n) is 9.75. The molecule has 1 aromatic carbocycles. The van der Waals surface area contributed by atoms with Crippen molar-refractivity contribution in [1.82, 2.24) is 19.8 Å². The Bertz CT molecular complexity index is 1730. The van der Waals surface area contributed by atoms with Crippen LogP contribution in [-0.2, 0) is 6.54 Å². The SMILES string of the molecule is C[C@H](NCc1cc(C(=O)Nc2cc(-c3cc(F)c(Cl)cc3C(O)N3CC(F)(F)C3)cc(C3CC3)n2)c(=O)n(C2CC2)c1)C1CCC1. The largest absolute Gasteiger partial charge is 0.374 e. The number of benzene rings is 1. The van der Waals surface area contributed by atoms with Gasteiger partial charge in [-0.15, -0.1) is 0 Å². The highest BCUT2D eigenvalue weighted by atomic mass is 35.5. The van der Waals surface area contributed by atoms with Gasteiger partial charge >= 0.3 is 0 Å². The van der Waals surface area contributed by atoms with Gasteiger partial charge in [0.05, 0.1) is 18.1 Å². The van der Waals surface area contributed by atoms with Gasteiger partial charge < -0.3 is 20.3 Å². The second-order valence-electron chi connectivity index (χ2n) is 13.4. The van der Waals surface area contributed by atoms with Gasteiger partial charge in [-0.25, -0.2) is 18.2 Å². The minimum Gasteiger partial charge on any atom is -0.374 e. The molecule has 2 atom stereocenters. The molecule has 1 amide bonds. The minimum absolute atomic E-state index is 0.00929. The predicted molar refractivity (Wildman–Crippen MR) is 169 cm³/mol. The average Bonchev–Trinajstić information content (AvgIpc) is 3.89. The van der Waals surface area contributed by atoms with Crippen LogP contribution < -0.4 is 16.2 Å². The van der Waals surface area contributed by atoms with Crippen molar-refractivity contribution in [1.29, 1.82) is 0 Å². The van der Waals surface area contributed by atoms with E-state index in [4.69, 9.17) is 11.6 Å². The van der Waals surface area contributed by atoms with Crippen LogP contribution in [0, 0.1) is 11.7 Å². The second-order valence-corrected chi connectivity index (χ2v) is 13.9. The topological polar surface area (TPSA) is 99.5 Å². The first-order valence-electron chi connectivity index (χ1n) is 16.1. The van der Waals surface area contributed by atoms with Gasteiger partial charge in [0.2, 0.25) is 0 Å². The zero-order chi connectivity index (χ0) is 32.3. The standard InChI is InChI=1S/C34H37ClF3N5O3/c1-18(20-3-2-4-20)39-14-19-9-26(33(46)43(15-19)23-7-8-23)31(44)41-30-11-22(10-29(40-30)21-5-6-21)24-13-28(36)27(35)12-25(24)32(45)42-16-34(37,38)17-42/h9-13,15,18,20-21,23,32,39,45H,2-8,14,16-17H2,1H3,(H,40,41,44)/t18-,32?/m0/s1. The quantitative estimate of drug-likeness (QED) is 0.222. The Labute approximate surface area is 270 Å². The number of aliphatic hydroxyl groups is 1. The van der Waals surface area contributed by atoms with Gasteiger partial charge in [-0.2, -0.15) is 0 Å². The molecule has 3 aliphatic carbocycles. The number of aliphatic hydroxyl groups excluding tert-OH is 1. The molecule has 4 fully saturated rings. The van der Waals surface area contributed by atoms with Crippen LogP contribution in [0.3, 0.4) is 0 Å². The van der Waals surface area contributed by atoms with E-state index in [0.717, 1.165) is 37.3 Å². The molecular formula is C34H37ClF3N5O3. The number of pyridine rings is 2. The first-order chi connectivity index (χ1) is 22.0. The average molecular weight is 656 g/mol. The third kappa shape index (κ3) is 6.47. The van der Waals surface area contributed by atoms with Crippen LogP contribution in [-0.4, -0.2) is 50.5 Å². The van der Waals surface area contributed by atoms with E-state index >= 15 is 0 Å². The molecule has 2 aromatic heterocycles. The van der Waals surface area contributed by atoms with Crippen molar-refractivity contribution >= 4 is 23.3 Å². The number of carbonyl (C=O) groups excluding carboxylic acids is 1. The van der Waals surface area contributed by atoms with Crippen LogP contribution in [0.1, 0.15) is 97.2 Å². The highest BCUT2D eigenvalue weighted by Gasteiger charge is 2.47. The van der Waals surface area contributed by atoms with E-state index in [1.54, 1.807) is 22.8 Å². The number of carbonyl (C=O) groups is 1. The van der Waals surface area contributed by atoms with Gasteiger partial charge in [0, 0.05) is 42.0 Å². The lowest BCUT2D eigenvalue weighted by molar-refractivity contribution is -0.185. The zero-order valence-corrected chi connectivity index (χ0v) is 26.3. The Morgan fingerprint density at radius 2 is 1.85 bits per heavy atom. The number of amides is 1. The molecule has 3 saturated carbocycles. The number of hydrogen-bond acceptors (Lipinski definition) is 6. The Kier molecular flexibility index (Phi) is 8.24. The maximum absolute atomic E-state index is 14.8. The number of alkyl halides is 2. The van der Waals surface area contributed by atoms with Crippen LogP contribution >= 0.6 is 11.6 Å². The normalized spacial score (nSPS) is 20.9. The summed E-state index contributed by atoms with van der Waals surface area (Å²) in [5.74, 6) is -3.33. The van der Waals surface area contributed by atoms with Gasteiger partial charge in [-0.3, -0.25) is 14.5 Å². The zero-order valence-electron chi connectivity index (χ0n) is 25.5. The summed E-state index contributed by atoms with van der Waals surface area (Å²) >= 11 is 6.07.